The minimum absolute atomic E-state index is 0.883. The molecule has 0 unspecified atom stereocenters. The molecule has 0 bridgehead atoms. The second-order valence-electron chi connectivity index (χ2n) is 3.29. The van der Waals surface area contributed by atoms with Gasteiger partial charge in [-0.3, -0.25) is 0 Å². The first kappa shape index (κ1) is 12.0. The van der Waals surface area contributed by atoms with Crippen molar-refractivity contribution in [2.45, 2.75) is 11.4 Å². The van der Waals surface area contributed by atoms with Crippen molar-refractivity contribution < 1.29 is 0 Å². The molecule has 0 spiro atoms. The van der Waals surface area contributed by atoms with E-state index in [1.54, 1.807) is 23.1 Å². The zero-order valence-electron chi connectivity index (χ0n) is 8.87. The Balaban J connectivity index is 2.04. The molecule has 2 aromatic rings. The van der Waals surface area contributed by atoms with Gasteiger partial charge in [-0.05, 0) is 40.4 Å². The number of anilines is 1. The number of rotatable bonds is 4. The first-order chi connectivity index (χ1) is 7.79. The van der Waals surface area contributed by atoms with Crippen LogP contribution in [0.5, 0.6) is 0 Å². The molecule has 0 aliphatic rings. The lowest BCUT2D eigenvalue weighted by molar-refractivity contribution is 1.17. The highest BCUT2D eigenvalue weighted by Gasteiger charge is 2.01. The van der Waals surface area contributed by atoms with Gasteiger partial charge in [0.05, 0.1) is 0 Å². The Labute approximate surface area is 112 Å². The van der Waals surface area contributed by atoms with Crippen LogP contribution in [0.4, 0.5) is 5.69 Å². The lowest BCUT2D eigenvalue weighted by Crippen LogP contribution is -1.98. The SMILES string of the molecule is CSc1ccccc1NCc1cc(Br)cs1. The van der Waals surface area contributed by atoms with E-state index in [-0.39, 0.29) is 0 Å². The fourth-order valence-corrected chi connectivity index (χ4v) is 3.39. The van der Waals surface area contributed by atoms with E-state index in [0.29, 0.717) is 0 Å². The molecule has 2 rings (SSSR count). The number of thiophene rings is 1. The number of hydrogen-bond acceptors (Lipinski definition) is 3. The van der Waals surface area contributed by atoms with Gasteiger partial charge >= 0.3 is 0 Å². The summed E-state index contributed by atoms with van der Waals surface area (Å²) < 4.78 is 1.16. The smallest absolute Gasteiger partial charge is 0.0494 e. The Kier molecular flexibility index (Phi) is 4.32. The third-order valence-corrected chi connectivity index (χ3v) is 4.68. The molecule has 0 saturated carbocycles. The monoisotopic (exact) mass is 313 g/mol. The zero-order valence-corrected chi connectivity index (χ0v) is 12.1. The van der Waals surface area contributed by atoms with Crippen LogP contribution in [0.25, 0.3) is 0 Å². The summed E-state index contributed by atoms with van der Waals surface area (Å²) in [6.07, 6.45) is 2.10. The van der Waals surface area contributed by atoms with Crippen LogP contribution < -0.4 is 5.32 Å². The summed E-state index contributed by atoms with van der Waals surface area (Å²) in [7, 11) is 0. The van der Waals surface area contributed by atoms with Gasteiger partial charge < -0.3 is 5.32 Å². The molecule has 0 atom stereocenters. The van der Waals surface area contributed by atoms with Crippen molar-refractivity contribution >= 4 is 44.7 Å². The van der Waals surface area contributed by atoms with Gasteiger partial charge in [0.15, 0.2) is 0 Å². The molecule has 0 radical (unpaired) electrons. The summed E-state index contributed by atoms with van der Waals surface area (Å²) in [5.41, 5.74) is 1.21. The predicted octanol–water partition coefficient (Wildman–Crippen LogP) is 4.84. The topological polar surface area (TPSA) is 12.0 Å². The van der Waals surface area contributed by atoms with E-state index in [9.17, 15) is 0 Å². The third-order valence-electron chi connectivity index (χ3n) is 2.18. The lowest BCUT2D eigenvalue weighted by atomic mass is 10.3. The molecule has 0 aliphatic carbocycles. The van der Waals surface area contributed by atoms with Gasteiger partial charge in [-0.25, -0.2) is 0 Å². The molecule has 0 amide bonds. The second kappa shape index (κ2) is 5.75. The molecule has 0 saturated heterocycles. The Morgan fingerprint density at radius 1 is 1.38 bits per heavy atom. The van der Waals surface area contributed by atoms with Crippen molar-refractivity contribution in [3.8, 4) is 0 Å². The van der Waals surface area contributed by atoms with Gasteiger partial charge in [-0.1, -0.05) is 12.1 Å². The van der Waals surface area contributed by atoms with Crippen LogP contribution in [0.1, 0.15) is 4.88 Å². The van der Waals surface area contributed by atoms with Crippen molar-refractivity contribution in [3.05, 3.63) is 45.1 Å². The van der Waals surface area contributed by atoms with Gasteiger partial charge in [0.25, 0.3) is 0 Å². The van der Waals surface area contributed by atoms with Crippen LogP contribution in [0.15, 0.2) is 45.1 Å². The fourth-order valence-electron chi connectivity index (χ4n) is 1.42. The Bertz CT molecular complexity index is 468. The summed E-state index contributed by atoms with van der Waals surface area (Å²) in [6.45, 7) is 0.883. The number of benzene rings is 1. The molecule has 84 valence electrons. The largest absolute Gasteiger partial charge is 0.379 e. The van der Waals surface area contributed by atoms with Crippen LogP contribution in [-0.4, -0.2) is 6.26 Å². The molecular weight excluding hydrogens is 302 g/mol. The van der Waals surface area contributed by atoms with Crippen LogP contribution in [0, 0.1) is 0 Å². The Morgan fingerprint density at radius 3 is 2.88 bits per heavy atom. The molecule has 1 aromatic carbocycles. The van der Waals surface area contributed by atoms with E-state index in [0.717, 1.165) is 11.0 Å². The van der Waals surface area contributed by atoms with Gasteiger partial charge in [-0.15, -0.1) is 23.1 Å². The van der Waals surface area contributed by atoms with Gasteiger partial charge in [-0.2, -0.15) is 0 Å². The lowest BCUT2D eigenvalue weighted by Gasteiger charge is -2.08. The van der Waals surface area contributed by atoms with E-state index in [1.807, 2.05) is 0 Å². The van der Waals surface area contributed by atoms with E-state index in [4.69, 9.17) is 0 Å². The summed E-state index contributed by atoms with van der Waals surface area (Å²) in [5.74, 6) is 0. The second-order valence-corrected chi connectivity index (χ2v) is 6.04. The maximum absolute atomic E-state index is 3.47. The number of para-hydroxylation sites is 1. The van der Waals surface area contributed by atoms with Crippen LogP contribution >= 0.6 is 39.0 Å². The van der Waals surface area contributed by atoms with Crippen molar-refractivity contribution in [2.24, 2.45) is 0 Å². The average molecular weight is 314 g/mol. The maximum Gasteiger partial charge on any atom is 0.0494 e. The zero-order chi connectivity index (χ0) is 11.4. The van der Waals surface area contributed by atoms with Crippen LogP contribution in [0.2, 0.25) is 0 Å². The first-order valence-corrected chi connectivity index (χ1v) is 7.79. The number of hydrogen-bond donors (Lipinski definition) is 1. The fraction of sp³-hybridized carbons (Fsp3) is 0.167. The minimum atomic E-state index is 0.883. The van der Waals surface area contributed by atoms with Crippen LogP contribution in [0.3, 0.4) is 0 Å². The standard InChI is InChI=1S/C12H12BrNS2/c1-15-12-5-3-2-4-11(12)14-7-10-6-9(13)8-16-10/h2-6,8,14H,7H2,1H3. The maximum atomic E-state index is 3.47. The summed E-state index contributed by atoms with van der Waals surface area (Å²) in [6, 6.07) is 10.5. The van der Waals surface area contributed by atoms with Crippen molar-refractivity contribution in [1.29, 1.82) is 0 Å². The number of halogens is 1. The van der Waals surface area contributed by atoms with Crippen molar-refractivity contribution in [2.75, 3.05) is 11.6 Å². The average Bonchev–Trinajstić information content (AvgIpc) is 2.73. The highest BCUT2D eigenvalue weighted by molar-refractivity contribution is 9.10. The Morgan fingerprint density at radius 2 is 2.19 bits per heavy atom. The predicted molar refractivity (Wildman–Crippen MR) is 77.6 cm³/mol. The number of thioether (sulfide) groups is 1. The summed E-state index contributed by atoms with van der Waals surface area (Å²) in [4.78, 5) is 2.63. The minimum Gasteiger partial charge on any atom is -0.379 e. The van der Waals surface area contributed by atoms with E-state index in [1.165, 1.54) is 15.5 Å². The molecule has 16 heavy (non-hydrogen) atoms. The van der Waals surface area contributed by atoms with E-state index in [2.05, 4.69) is 63.2 Å². The highest BCUT2D eigenvalue weighted by Crippen LogP contribution is 2.26. The van der Waals surface area contributed by atoms with Gasteiger partial charge in [0, 0.05) is 31.9 Å². The molecule has 1 nitrogen and oxygen atoms in total. The Hall–Kier alpha value is -0.450. The normalized spacial score (nSPS) is 10.4. The van der Waals surface area contributed by atoms with Crippen molar-refractivity contribution in [1.82, 2.24) is 0 Å². The van der Waals surface area contributed by atoms with Gasteiger partial charge in [0.2, 0.25) is 0 Å². The molecule has 1 N–H and O–H groups in total. The molecule has 0 aliphatic heterocycles. The van der Waals surface area contributed by atoms with E-state index < -0.39 is 0 Å². The quantitative estimate of drug-likeness (QED) is 0.810. The summed E-state index contributed by atoms with van der Waals surface area (Å²) >= 11 is 7.00. The number of nitrogens with one attached hydrogen (secondary N) is 1. The van der Waals surface area contributed by atoms with Gasteiger partial charge in [0.1, 0.15) is 0 Å². The van der Waals surface area contributed by atoms with E-state index >= 15 is 0 Å². The summed E-state index contributed by atoms with van der Waals surface area (Å²) in [5, 5.41) is 5.57. The molecular formula is C12H12BrNS2. The molecule has 4 heteroatoms. The third kappa shape index (κ3) is 3.03. The molecule has 1 heterocycles. The molecule has 1 aromatic heterocycles. The molecule has 0 fully saturated rings. The first-order valence-electron chi connectivity index (χ1n) is 4.89. The highest BCUT2D eigenvalue weighted by atomic mass is 79.9. The van der Waals surface area contributed by atoms with Crippen LogP contribution in [-0.2, 0) is 6.54 Å². The van der Waals surface area contributed by atoms with Crippen molar-refractivity contribution in [3.63, 3.8) is 0 Å².